The molecule has 0 saturated carbocycles. The minimum absolute atomic E-state index is 0.0197. The highest BCUT2D eigenvalue weighted by Gasteiger charge is 2.29. The number of nitrogens with one attached hydrogen (secondary N) is 1. The maximum Gasteiger partial charge on any atom is 0.255 e. The van der Waals surface area contributed by atoms with Crippen molar-refractivity contribution in [2.45, 2.75) is 24.2 Å². The molecule has 0 atom stereocenters. The second kappa shape index (κ2) is 8.69. The average molecular weight is 443 g/mol. The highest BCUT2D eigenvalue weighted by Crippen LogP contribution is 2.30. The highest BCUT2D eigenvalue weighted by molar-refractivity contribution is 7.89. The van der Waals surface area contributed by atoms with Crippen LogP contribution in [0.25, 0.3) is 0 Å². The second-order valence-corrected chi connectivity index (χ2v) is 9.22. The SMILES string of the molecule is COc1ccc(C(=O)Nc2cc(Cl)cc(Cl)c2)cc1S(=O)(=O)N1CCCCC1. The van der Waals surface area contributed by atoms with Crippen molar-refractivity contribution in [3.8, 4) is 5.75 Å². The summed E-state index contributed by atoms with van der Waals surface area (Å²) in [5.74, 6) is -0.274. The fraction of sp³-hybridized carbons (Fsp3) is 0.316. The van der Waals surface area contributed by atoms with Gasteiger partial charge < -0.3 is 10.1 Å². The van der Waals surface area contributed by atoms with Crippen LogP contribution in [0.1, 0.15) is 29.6 Å². The maximum atomic E-state index is 13.1. The zero-order chi connectivity index (χ0) is 20.3. The van der Waals surface area contributed by atoms with E-state index in [9.17, 15) is 13.2 Å². The van der Waals surface area contributed by atoms with Crippen molar-refractivity contribution in [2.75, 3.05) is 25.5 Å². The molecule has 1 aliphatic rings. The van der Waals surface area contributed by atoms with Crippen molar-refractivity contribution in [1.82, 2.24) is 4.31 Å². The van der Waals surface area contributed by atoms with Gasteiger partial charge in [-0.05, 0) is 49.2 Å². The number of benzene rings is 2. The van der Waals surface area contributed by atoms with E-state index in [2.05, 4.69) is 5.32 Å². The van der Waals surface area contributed by atoms with Gasteiger partial charge in [0.25, 0.3) is 5.91 Å². The molecule has 0 unspecified atom stereocenters. The number of anilines is 1. The summed E-state index contributed by atoms with van der Waals surface area (Å²) >= 11 is 11.9. The predicted octanol–water partition coefficient (Wildman–Crippen LogP) is 4.43. The topological polar surface area (TPSA) is 75.7 Å². The fourth-order valence-corrected chi connectivity index (χ4v) is 5.32. The number of halogens is 2. The quantitative estimate of drug-likeness (QED) is 0.742. The molecule has 2 aromatic rings. The Bertz CT molecular complexity index is 969. The molecule has 2 aromatic carbocycles. The molecule has 1 heterocycles. The lowest BCUT2D eigenvalue weighted by Crippen LogP contribution is -2.35. The number of amides is 1. The van der Waals surface area contributed by atoms with Crippen molar-refractivity contribution in [3.05, 3.63) is 52.0 Å². The van der Waals surface area contributed by atoms with E-state index < -0.39 is 15.9 Å². The minimum atomic E-state index is -3.76. The van der Waals surface area contributed by atoms with Gasteiger partial charge in [-0.25, -0.2) is 8.42 Å². The van der Waals surface area contributed by atoms with Crippen LogP contribution >= 0.6 is 23.2 Å². The fourth-order valence-electron chi connectivity index (χ4n) is 3.09. The monoisotopic (exact) mass is 442 g/mol. The van der Waals surface area contributed by atoms with Crippen molar-refractivity contribution >= 4 is 44.8 Å². The van der Waals surface area contributed by atoms with Gasteiger partial charge in [0, 0.05) is 34.4 Å². The van der Waals surface area contributed by atoms with Crippen molar-refractivity contribution in [3.63, 3.8) is 0 Å². The molecule has 28 heavy (non-hydrogen) atoms. The number of nitrogens with zero attached hydrogens (tertiary/aromatic N) is 1. The van der Waals surface area contributed by atoms with E-state index in [4.69, 9.17) is 27.9 Å². The molecule has 3 rings (SSSR count). The number of carbonyl (C=O) groups excluding carboxylic acids is 1. The molecule has 0 bridgehead atoms. The Labute approximate surface area is 174 Å². The van der Waals surface area contributed by atoms with Gasteiger partial charge in [0.15, 0.2) is 0 Å². The Kier molecular flexibility index (Phi) is 6.50. The van der Waals surface area contributed by atoms with E-state index in [0.29, 0.717) is 28.8 Å². The van der Waals surface area contributed by atoms with E-state index in [1.54, 1.807) is 18.2 Å². The van der Waals surface area contributed by atoms with Gasteiger partial charge in [-0.3, -0.25) is 4.79 Å². The summed E-state index contributed by atoms with van der Waals surface area (Å²) in [5, 5.41) is 3.44. The van der Waals surface area contributed by atoms with Gasteiger partial charge in [0.05, 0.1) is 7.11 Å². The predicted molar refractivity (Wildman–Crippen MR) is 110 cm³/mol. The minimum Gasteiger partial charge on any atom is -0.495 e. The number of sulfonamides is 1. The van der Waals surface area contributed by atoms with E-state index >= 15 is 0 Å². The molecule has 6 nitrogen and oxygen atoms in total. The lowest BCUT2D eigenvalue weighted by molar-refractivity contribution is 0.102. The lowest BCUT2D eigenvalue weighted by atomic mass is 10.2. The molecule has 9 heteroatoms. The molecule has 0 radical (unpaired) electrons. The average Bonchev–Trinajstić information content (AvgIpc) is 2.67. The van der Waals surface area contributed by atoms with Crippen LogP contribution in [0.5, 0.6) is 5.75 Å². The number of hydrogen-bond donors (Lipinski definition) is 1. The maximum absolute atomic E-state index is 13.1. The third-order valence-corrected chi connectivity index (χ3v) is 6.84. The lowest BCUT2D eigenvalue weighted by Gasteiger charge is -2.26. The smallest absolute Gasteiger partial charge is 0.255 e. The number of rotatable bonds is 5. The summed E-state index contributed by atoms with van der Waals surface area (Å²) in [6.07, 6.45) is 2.64. The molecular weight excluding hydrogens is 423 g/mol. The third-order valence-electron chi connectivity index (χ3n) is 4.48. The van der Waals surface area contributed by atoms with Gasteiger partial charge in [-0.2, -0.15) is 4.31 Å². The van der Waals surface area contributed by atoms with Crippen molar-refractivity contribution < 1.29 is 17.9 Å². The van der Waals surface area contributed by atoms with Crippen LogP contribution < -0.4 is 10.1 Å². The molecule has 1 aliphatic heterocycles. The summed E-state index contributed by atoms with van der Waals surface area (Å²) in [7, 11) is -2.36. The van der Waals surface area contributed by atoms with Gasteiger partial charge in [0.2, 0.25) is 10.0 Å². The summed E-state index contributed by atoms with van der Waals surface area (Å²) in [5.41, 5.74) is 0.603. The third kappa shape index (κ3) is 4.60. The number of piperidine rings is 1. The summed E-state index contributed by atoms with van der Waals surface area (Å²) in [6.45, 7) is 0.922. The number of ether oxygens (including phenoxy) is 1. The van der Waals surface area contributed by atoms with Crippen LogP contribution in [0.3, 0.4) is 0 Å². The zero-order valence-corrected chi connectivity index (χ0v) is 17.6. The van der Waals surface area contributed by atoms with E-state index in [1.165, 1.54) is 29.6 Å². The first-order valence-corrected chi connectivity index (χ1v) is 11.0. The van der Waals surface area contributed by atoms with Crippen LogP contribution in [0.4, 0.5) is 5.69 Å². The molecule has 1 fully saturated rings. The molecule has 0 aromatic heterocycles. The van der Waals surface area contributed by atoms with Crippen LogP contribution in [0, 0.1) is 0 Å². The molecule has 1 N–H and O–H groups in total. The van der Waals surface area contributed by atoms with Gasteiger partial charge in [0.1, 0.15) is 10.6 Å². The number of hydrogen-bond acceptors (Lipinski definition) is 4. The Morgan fingerprint density at radius 2 is 1.68 bits per heavy atom. The second-order valence-electron chi connectivity index (χ2n) is 6.44. The molecule has 1 amide bonds. The van der Waals surface area contributed by atoms with E-state index in [0.717, 1.165) is 19.3 Å². The molecular formula is C19H20Cl2N2O4S. The highest BCUT2D eigenvalue weighted by atomic mass is 35.5. The van der Waals surface area contributed by atoms with Crippen LogP contribution in [0.2, 0.25) is 10.0 Å². The van der Waals surface area contributed by atoms with Crippen LogP contribution in [-0.2, 0) is 10.0 Å². The number of methoxy groups -OCH3 is 1. The summed E-state index contributed by atoms with van der Waals surface area (Å²) in [4.78, 5) is 12.6. The standard InChI is InChI=1S/C19H20Cl2N2O4S/c1-27-17-6-5-13(19(24)22-16-11-14(20)10-15(21)12-16)9-18(17)28(25,26)23-7-3-2-4-8-23/h5-6,9-12H,2-4,7-8H2,1H3,(H,22,24). The zero-order valence-electron chi connectivity index (χ0n) is 15.2. The van der Waals surface area contributed by atoms with E-state index in [-0.39, 0.29) is 16.2 Å². The molecule has 1 saturated heterocycles. The van der Waals surface area contributed by atoms with Crippen molar-refractivity contribution in [2.24, 2.45) is 0 Å². The van der Waals surface area contributed by atoms with Crippen LogP contribution in [0.15, 0.2) is 41.3 Å². The first-order valence-electron chi connectivity index (χ1n) is 8.77. The van der Waals surface area contributed by atoms with E-state index in [1.807, 2.05) is 0 Å². The first-order chi connectivity index (χ1) is 13.3. The summed E-state index contributed by atoms with van der Waals surface area (Å²) < 4.78 is 32.8. The Hall–Kier alpha value is -1.80. The largest absolute Gasteiger partial charge is 0.495 e. The van der Waals surface area contributed by atoms with Crippen LogP contribution in [-0.4, -0.2) is 38.8 Å². The molecule has 0 aliphatic carbocycles. The van der Waals surface area contributed by atoms with Gasteiger partial charge >= 0.3 is 0 Å². The Morgan fingerprint density at radius 3 is 2.29 bits per heavy atom. The molecule has 0 spiro atoms. The summed E-state index contributed by atoms with van der Waals surface area (Å²) in [6, 6.07) is 8.99. The number of carbonyl (C=O) groups is 1. The van der Waals surface area contributed by atoms with Crippen molar-refractivity contribution in [1.29, 1.82) is 0 Å². The Morgan fingerprint density at radius 1 is 1.04 bits per heavy atom. The molecule has 150 valence electrons. The normalized spacial score (nSPS) is 15.2. The van der Waals surface area contributed by atoms with Gasteiger partial charge in [-0.15, -0.1) is 0 Å². The Balaban J connectivity index is 1.92. The van der Waals surface area contributed by atoms with Gasteiger partial charge in [-0.1, -0.05) is 29.6 Å². The first kappa shape index (κ1) is 20.9.